The molecule has 2 aromatic rings. The van der Waals surface area contributed by atoms with Gasteiger partial charge < -0.3 is 10.4 Å². The summed E-state index contributed by atoms with van der Waals surface area (Å²) in [5.41, 5.74) is 2.88. The van der Waals surface area contributed by atoms with Crippen LogP contribution in [0.1, 0.15) is 16.4 Å². The zero-order chi connectivity index (χ0) is 14.1. The first kappa shape index (κ1) is 13.2. The summed E-state index contributed by atoms with van der Waals surface area (Å²) in [7, 11) is 0. The Morgan fingerprint density at radius 1 is 1.10 bits per heavy atom. The number of fused-ring (bicyclic) bond motifs is 1. The van der Waals surface area contributed by atoms with Crippen molar-refractivity contribution in [2.24, 2.45) is 0 Å². The van der Waals surface area contributed by atoms with E-state index in [1.54, 1.807) is 0 Å². The molecule has 0 spiro atoms. The zero-order valence-electron chi connectivity index (χ0n) is 11.0. The number of nitrogens with one attached hydrogen (secondary N) is 1. The third-order valence-corrected chi connectivity index (χ3v) is 4.75. The summed E-state index contributed by atoms with van der Waals surface area (Å²) >= 11 is 1.52. The van der Waals surface area contributed by atoms with Gasteiger partial charge in [0.1, 0.15) is 6.10 Å². The van der Waals surface area contributed by atoms with Crippen molar-refractivity contribution in [2.75, 3.05) is 5.32 Å². The quantitative estimate of drug-likeness (QED) is 0.846. The maximum absolute atomic E-state index is 12.1. The molecule has 2 N–H and O–H groups in total. The van der Waals surface area contributed by atoms with Crippen molar-refractivity contribution in [1.82, 2.24) is 0 Å². The molecule has 0 bridgehead atoms. The van der Waals surface area contributed by atoms with Crippen molar-refractivity contribution in [2.45, 2.75) is 23.2 Å². The molecule has 1 aliphatic heterocycles. The van der Waals surface area contributed by atoms with E-state index < -0.39 is 6.10 Å². The third-order valence-electron chi connectivity index (χ3n) is 3.36. The molecular weight excluding hydrogens is 270 g/mol. The molecule has 2 atom stereocenters. The highest BCUT2D eigenvalue weighted by atomic mass is 32.2. The standard InChI is InChI=1S/C16H15NO2S/c1-10-6-8-11(9-7-10)15-14(18)16(19)17-12-4-2-3-5-13(12)20-15/h2-9,14-15,18H,1H3,(H,17,19)/t14-,15+/m0/s1. The van der Waals surface area contributed by atoms with Crippen LogP contribution in [0, 0.1) is 6.92 Å². The number of rotatable bonds is 1. The number of anilines is 1. The Morgan fingerprint density at radius 3 is 2.55 bits per heavy atom. The van der Waals surface area contributed by atoms with Crippen LogP contribution >= 0.6 is 11.8 Å². The lowest BCUT2D eigenvalue weighted by atomic mass is 10.1. The van der Waals surface area contributed by atoms with Gasteiger partial charge in [-0.05, 0) is 24.6 Å². The SMILES string of the molecule is Cc1ccc([C@H]2Sc3ccccc3NC(=O)[C@H]2O)cc1. The van der Waals surface area contributed by atoms with Gasteiger partial charge in [0.2, 0.25) is 0 Å². The molecule has 0 unspecified atom stereocenters. The monoisotopic (exact) mass is 285 g/mol. The van der Waals surface area contributed by atoms with Gasteiger partial charge in [0.15, 0.2) is 0 Å². The van der Waals surface area contributed by atoms with Crippen molar-refractivity contribution in [1.29, 1.82) is 0 Å². The van der Waals surface area contributed by atoms with Crippen molar-refractivity contribution < 1.29 is 9.90 Å². The maximum atomic E-state index is 12.1. The van der Waals surface area contributed by atoms with Crippen molar-refractivity contribution in [3.8, 4) is 0 Å². The fraction of sp³-hybridized carbons (Fsp3) is 0.188. The predicted molar refractivity (Wildman–Crippen MR) is 80.9 cm³/mol. The van der Waals surface area contributed by atoms with Gasteiger partial charge in [-0.1, -0.05) is 42.0 Å². The Morgan fingerprint density at radius 2 is 1.80 bits per heavy atom. The molecule has 1 aliphatic rings. The summed E-state index contributed by atoms with van der Waals surface area (Å²) in [5.74, 6) is -0.354. The van der Waals surface area contributed by atoms with Crippen LogP contribution in [0.25, 0.3) is 0 Å². The topological polar surface area (TPSA) is 49.3 Å². The smallest absolute Gasteiger partial charge is 0.254 e. The zero-order valence-corrected chi connectivity index (χ0v) is 11.9. The molecule has 0 aromatic heterocycles. The largest absolute Gasteiger partial charge is 0.382 e. The van der Waals surface area contributed by atoms with E-state index in [0.717, 1.165) is 21.7 Å². The molecule has 102 valence electrons. The third kappa shape index (κ3) is 2.44. The average molecular weight is 285 g/mol. The Kier molecular flexibility index (Phi) is 3.51. The first-order chi connectivity index (χ1) is 9.65. The van der Waals surface area contributed by atoms with Gasteiger partial charge >= 0.3 is 0 Å². The van der Waals surface area contributed by atoms with Crippen molar-refractivity contribution in [3.05, 3.63) is 59.7 Å². The van der Waals surface area contributed by atoms with Crippen LogP contribution in [-0.2, 0) is 4.79 Å². The molecule has 20 heavy (non-hydrogen) atoms. The fourth-order valence-electron chi connectivity index (χ4n) is 2.22. The highest BCUT2D eigenvalue weighted by molar-refractivity contribution is 7.99. The lowest BCUT2D eigenvalue weighted by Crippen LogP contribution is -2.30. The van der Waals surface area contributed by atoms with Crippen LogP contribution in [0.2, 0.25) is 0 Å². The Labute approximate surface area is 122 Å². The molecule has 0 aliphatic carbocycles. The molecule has 0 saturated carbocycles. The van der Waals surface area contributed by atoms with Gasteiger partial charge in [-0.3, -0.25) is 4.79 Å². The van der Waals surface area contributed by atoms with Crippen LogP contribution in [0.4, 0.5) is 5.69 Å². The minimum Gasteiger partial charge on any atom is -0.382 e. The summed E-state index contributed by atoms with van der Waals surface area (Å²) in [5, 5.41) is 12.8. The van der Waals surface area contributed by atoms with E-state index in [1.807, 2.05) is 55.5 Å². The molecule has 3 rings (SSSR count). The average Bonchev–Trinajstić information content (AvgIpc) is 2.58. The first-order valence-corrected chi connectivity index (χ1v) is 7.34. The minimum absolute atomic E-state index is 0.292. The number of aliphatic hydroxyl groups excluding tert-OH is 1. The first-order valence-electron chi connectivity index (χ1n) is 6.46. The highest BCUT2D eigenvalue weighted by Gasteiger charge is 2.32. The van der Waals surface area contributed by atoms with Crippen LogP contribution in [0.5, 0.6) is 0 Å². The predicted octanol–water partition coefficient (Wildman–Crippen LogP) is 3.14. The molecule has 3 nitrogen and oxygen atoms in total. The summed E-state index contributed by atoms with van der Waals surface area (Å²) in [6, 6.07) is 15.5. The highest BCUT2D eigenvalue weighted by Crippen LogP contribution is 2.43. The van der Waals surface area contributed by atoms with Gasteiger partial charge in [0.05, 0.1) is 10.9 Å². The van der Waals surface area contributed by atoms with Crippen LogP contribution < -0.4 is 5.32 Å². The Bertz CT molecular complexity index is 639. The second-order valence-corrected chi connectivity index (χ2v) is 6.06. The van der Waals surface area contributed by atoms with E-state index in [1.165, 1.54) is 11.8 Å². The number of thioether (sulfide) groups is 1. The van der Waals surface area contributed by atoms with Crippen molar-refractivity contribution >= 4 is 23.4 Å². The number of carbonyl (C=O) groups is 1. The van der Waals surface area contributed by atoms with E-state index in [-0.39, 0.29) is 11.2 Å². The normalized spacial score (nSPS) is 21.8. The number of aryl methyl sites for hydroxylation is 1. The lowest BCUT2D eigenvalue weighted by molar-refractivity contribution is -0.124. The van der Waals surface area contributed by atoms with E-state index in [2.05, 4.69) is 5.32 Å². The summed E-state index contributed by atoms with van der Waals surface area (Å²) in [6.07, 6.45) is -1.06. The van der Waals surface area contributed by atoms with E-state index in [0.29, 0.717) is 0 Å². The lowest BCUT2D eigenvalue weighted by Gasteiger charge is -2.19. The minimum atomic E-state index is -1.06. The van der Waals surface area contributed by atoms with Gasteiger partial charge in [-0.2, -0.15) is 0 Å². The molecule has 1 amide bonds. The van der Waals surface area contributed by atoms with E-state index in [4.69, 9.17) is 0 Å². The molecule has 2 aromatic carbocycles. The summed E-state index contributed by atoms with van der Waals surface area (Å²) in [4.78, 5) is 13.0. The molecule has 4 heteroatoms. The number of carbonyl (C=O) groups excluding carboxylic acids is 1. The Balaban J connectivity index is 2.01. The number of hydrogen-bond acceptors (Lipinski definition) is 3. The van der Waals surface area contributed by atoms with Crippen LogP contribution in [0.15, 0.2) is 53.4 Å². The number of benzene rings is 2. The number of aliphatic hydroxyl groups is 1. The number of para-hydroxylation sites is 1. The summed E-state index contributed by atoms with van der Waals surface area (Å²) in [6.45, 7) is 2.02. The molecule has 0 saturated heterocycles. The molecule has 0 radical (unpaired) electrons. The molecule has 0 fully saturated rings. The maximum Gasteiger partial charge on any atom is 0.254 e. The van der Waals surface area contributed by atoms with Gasteiger partial charge in [0, 0.05) is 4.90 Å². The second kappa shape index (κ2) is 5.31. The Hall–Kier alpha value is -1.78. The number of amides is 1. The second-order valence-electron chi connectivity index (χ2n) is 4.88. The fourth-order valence-corrected chi connectivity index (χ4v) is 3.45. The van der Waals surface area contributed by atoms with Crippen molar-refractivity contribution in [3.63, 3.8) is 0 Å². The summed E-state index contributed by atoms with van der Waals surface area (Å²) < 4.78 is 0. The van der Waals surface area contributed by atoms with Gasteiger partial charge in [0.25, 0.3) is 5.91 Å². The molecule has 1 heterocycles. The number of hydrogen-bond donors (Lipinski definition) is 2. The van der Waals surface area contributed by atoms with Crippen LogP contribution in [-0.4, -0.2) is 17.1 Å². The van der Waals surface area contributed by atoms with Gasteiger partial charge in [-0.15, -0.1) is 11.8 Å². The molecular formula is C16H15NO2S. The van der Waals surface area contributed by atoms with Crippen LogP contribution in [0.3, 0.4) is 0 Å². The van der Waals surface area contributed by atoms with E-state index in [9.17, 15) is 9.90 Å². The van der Waals surface area contributed by atoms with E-state index >= 15 is 0 Å². The van der Waals surface area contributed by atoms with Gasteiger partial charge in [-0.25, -0.2) is 0 Å².